The molecular weight excluding hydrogens is 208 g/mol. The number of rotatable bonds is 2. The minimum Gasteiger partial charge on any atom is -0.331 e. The summed E-state index contributed by atoms with van der Waals surface area (Å²) in [6, 6.07) is -0.366. The van der Waals surface area contributed by atoms with Gasteiger partial charge in [-0.25, -0.2) is 9.78 Å². The van der Waals surface area contributed by atoms with E-state index < -0.39 is 4.92 Å². The van der Waals surface area contributed by atoms with Gasteiger partial charge in [-0.2, -0.15) is 0 Å². The van der Waals surface area contributed by atoms with Crippen molar-refractivity contribution in [2.45, 2.75) is 0 Å². The first-order chi connectivity index (χ1) is 6.50. The normalized spacial score (nSPS) is 9.57. The summed E-state index contributed by atoms with van der Waals surface area (Å²) in [4.78, 5) is 25.8. The number of hydrogen-bond donors (Lipinski definition) is 1. The lowest BCUT2D eigenvalue weighted by Gasteiger charge is -2.08. The van der Waals surface area contributed by atoms with Crippen LogP contribution in [0, 0.1) is 10.1 Å². The van der Waals surface area contributed by atoms with E-state index in [1.165, 1.54) is 4.90 Å². The minimum atomic E-state index is -0.553. The molecule has 0 radical (unpaired) electrons. The highest BCUT2D eigenvalue weighted by Gasteiger charge is 2.13. The van der Waals surface area contributed by atoms with Crippen molar-refractivity contribution in [3.05, 3.63) is 16.3 Å². The van der Waals surface area contributed by atoms with E-state index in [0.717, 1.165) is 17.5 Å². The predicted molar refractivity (Wildman–Crippen MR) is 51.5 cm³/mol. The molecule has 0 fully saturated rings. The first-order valence-corrected chi connectivity index (χ1v) is 4.41. The molecule has 0 saturated carbocycles. The molecule has 1 aromatic rings. The Hall–Kier alpha value is -1.70. The molecule has 8 heteroatoms. The van der Waals surface area contributed by atoms with Gasteiger partial charge in [0.25, 0.3) is 0 Å². The lowest BCUT2D eigenvalue weighted by molar-refractivity contribution is -0.380. The van der Waals surface area contributed by atoms with Gasteiger partial charge in [0.1, 0.15) is 6.20 Å². The fourth-order valence-electron chi connectivity index (χ4n) is 0.611. The lowest BCUT2D eigenvalue weighted by atomic mass is 10.8. The van der Waals surface area contributed by atoms with E-state index in [9.17, 15) is 14.9 Å². The number of nitro groups is 1. The maximum absolute atomic E-state index is 11.1. The van der Waals surface area contributed by atoms with Gasteiger partial charge in [-0.1, -0.05) is 0 Å². The number of amides is 2. The van der Waals surface area contributed by atoms with E-state index in [-0.39, 0.29) is 16.2 Å². The molecule has 7 nitrogen and oxygen atoms in total. The average Bonchev–Trinajstić information content (AvgIpc) is 2.52. The molecular formula is C6H8N4O3S. The third kappa shape index (κ3) is 2.39. The molecule has 1 N–H and O–H groups in total. The van der Waals surface area contributed by atoms with E-state index in [4.69, 9.17) is 0 Å². The molecule has 14 heavy (non-hydrogen) atoms. The Morgan fingerprint density at radius 3 is 2.79 bits per heavy atom. The highest BCUT2D eigenvalue weighted by Crippen LogP contribution is 2.24. The summed E-state index contributed by atoms with van der Waals surface area (Å²) in [5.74, 6) is 0. The Morgan fingerprint density at radius 1 is 1.71 bits per heavy atom. The molecule has 0 saturated heterocycles. The molecule has 0 aliphatic carbocycles. The van der Waals surface area contributed by atoms with E-state index >= 15 is 0 Å². The first-order valence-electron chi connectivity index (χ1n) is 3.59. The highest BCUT2D eigenvalue weighted by atomic mass is 32.1. The number of hydrogen-bond acceptors (Lipinski definition) is 5. The van der Waals surface area contributed by atoms with Gasteiger partial charge in [-0.05, 0) is 11.3 Å². The molecule has 0 aliphatic heterocycles. The molecule has 0 bridgehead atoms. The molecule has 0 atom stereocenters. The van der Waals surface area contributed by atoms with Crippen molar-refractivity contribution in [1.29, 1.82) is 0 Å². The lowest BCUT2D eigenvalue weighted by Crippen LogP contribution is -2.27. The summed E-state index contributed by atoms with van der Waals surface area (Å²) in [7, 11) is 3.13. The van der Waals surface area contributed by atoms with Crippen LogP contribution >= 0.6 is 11.3 Å². The second kappa shape index (κ2) is 4.01. The number of urea groups is 1. The summed E-state index contributed by atoms with van der Waals surface area (Å²) < 4.78 is 0. The van der Waals surface area contributed by atoms with Gasteiger partial charge in [-0.15, -0.1) is 0 Å². The van der Waals surface area contributed by atoms with Crippen LogP contribution in [-0.2, 0) is 0 Å². The number of thiazole rings is 1. The summed E-state index contributed by atoms with van der Waals surface area (Å²) >= 11 is 0.818. The topological polar surface area (TPSA) is 88.4 Å². The van der Waals surface area contributed by atoms with Crippen molar-refractivity contribution in [2.24, 2.45) is 0 Å². The van der Waals surface area contributed by atoms with Gasteiger partial charge >= 0.3 is 11.0 Å². The molecule has 76 valence electrons. The molecule has 1 heterocycles. The van der Waals surface area contributed by atoms with E-state index in [2.05, 4.69) is 10.3 Å². The summed E-state index contributed by atoms with van der Waals surface area (Å²) in [6.45, 7) is 0. The second-order valence-corrected chi connectivity index (χ2v) is 3.59. The van der Waals surface area contributed by atoms with Crippen LogP contribution < -0.4 is 5.32 Å². The maximum atomic E-state index is 11.1. The molecule has 2 amide bonds. The Balaban J connectivity index is 2.69. The van der Waals surface area contributed by atoms with Gasteiger partial charge in [-0.3, -0.25) is 15.4 Å². The van der Waals surface area contributed by atoms with Gasteiger partial charge in [0.05, 0.1) is 4.92 Å². The molecule has 0 aliphatic rings. The first kappa shape index (κ1) is 10.4. The SMILES string of the molecule is CN(C)C(=O)Nc1ncc([N+](=O)[O-])s1. The highest BCUT2D eigenvalue weighted by molar-refractivity contribution is 7.18. The monoisotopic (exact) mass is 216 g/mol. The Morgan fingerprint density at radius 2 is 2.36 bits per heavy atom. The van der Waals surface area contributed by atoms with Crippen LogP contribution in [0.5, 0.6) is 0 Å². The fourth-order valence-corrected chi connectivity index (χ4v) is 1.23. The van der Waals surface area contributed by atoms with Crippen LogP contribution in [0.15, 0.2) is 6.20 Å². The van der Waals surface area contributed by atoms with Gasteiger partial charge < -0.3 is 4.90 Å². The zero-order chi connectivity index (χ0) is 10.7. The fraction of sp³-hybridized carbons (Fsp3) is 0.333. The second-order valence-electron chi connectivity index (χ2n) is 2.59. The molecule has 0 aromatic carbocycles. The molecule has 1 rings (SSSR count). The predicted octanol–water partition coefficient (Wildman–Crippen LogP) is 1.14. The molecule has 0 unspecified atom stereocenters. The number of nitrogens with zero attached hydrogens (tertiary/aromatic N) is 3. The maximum Gasteiger partial charge on any atom is 0.345 e. The molecule has 1 aromatic heterocycles. The third-order valence-corrected chi connectivity index (χ3v) is 2.16. The Kier molecular flexibility index (Phi) is 2.97. The van der Waals surface area contributed by atoms with Crippen molar-refractivity contribution in [3.63, 3.8) is 0 Å². The van der Waals surface area contributed by atoms with Crippen molar-refractivity contribution in [2.75, 3.05) is 19.4 Å². The third-order valence-electron chi connectivity index (χ3n) is 1.29. The zero-order valence-corrected chi connectivity index (χ0v) is 8.37. The van der Waals surface area contributed by atoms with Crippen LogP contribution in [0.4, 0.5) is 14.9 Å². The summed E-state index contributed by atoms with van der Waals surface area (Å²) in [5, 5.41) is 12.8. The minimum absolute atomic E-state index is 0.0981. The van der Waals surface area contributed by atoms with Gasteiger partial charge in [0, 0.05) is 14.1 Å². The Labute approximate surface area is 83.5 Å². The number of nitrogens with one attached hydrogen (secondary N) is 1. The van der Waals surface area contributed by atoms with Crippen LogP contribution in [0.2, 0.25) is 0 Å². The van der Waals surface area contributed by atoms with Crippen LogP contribution in [0.3, 0.4) is 0 Å². The van der Waals surface area contributed by atoms with Crippen LogP contribution in [0.1, 0.15) is 0 Å². The number of carbonyl (C=O) groups is 1. The van der Waals surface area contributed by atoms with Crippen molar-refractivity contribution in [3.8, 4) is 0 Å². The van der Waals surface area contributed by atoms with Crippen molar-refractivity contribution in [1.82, 2.24) is 9.88 Å². The van der Waals surface area contributed by atoms with Crippen molar-refractivity contribution < 1.29 is 9.72 Å². The number of aromatic nitrogens is 1. The van der Waals surface area contributed by atoms with Gasteiger partial charge in [0.15, 0.2) is 5.13 Å². The molecule has 0 spiro atoms. The average molecular weight is 216 g/mol. The zero-order valence-electron chi connectivity index (χ0n) is 7.55. The van der Waals surface area contributed by atoms with Crippen LogP contribution in [-0.4, -0.2) is 34.9 Å². The number of carbonyl (C=O) groups excluding carboxylic acids is 1. The Bertz CT molecular complexity index is 362. The quantitative estimate of drug-likeness (QED) is 0.593. The van der Waals surface area contributed by atoms with Crippen LogP contribution in [0.25, 0.3) is 0 Å². The van der Waals surface area contributed by atoms with Gasteiger partial charge in [0.2, 0.25) is 0 Å². The largest absolute Gasteiger partial charge is 0.345 e. The van der Waals surface area contributed by atoms with E-state index in [1.54, 1.807) is 14.1 Å². The van der Waals surface area contributed by atoms with E-state index in [0.29, 0.717) is 0 Å². The van der Waals surface area contributed by atoms with E-state index in [1.807, 2.05) is 0 Å². The van der Waals surface area contributed by atoms with Crippen molar-refractivity contribution >= 4 is 27.5 Å². The summed E-state index contributed by atoms with van der Waals surface area (Å²) in [5.41, 5.74) is 0. The smallest absolute Gasteiger partial charge is 0.331 e. The standard InChI is InChI=1S/C6H8N4O3S/c1-9(2)6(11)8-5-7-3-4(14-5)10(12)13/h3H,1-2H3,(H,7,8,11). The number of anilines is 1. The summed E-state index contributed by atoms with van der Waals surface area (Å²) in [6.07, 6.45) is 1.11.